The van der Waals surface area contributed by atoms with Crippen LogP contribution in [0.2, 0.25) is 0 Å². The first-order valence-electron chi connectivity index (χ1n) is 7.36. The topological polar surface area (TPSA) is 49.0 Å². The molecule has 0 unspecified atom stereocenters. The van der Waals surface area contributed by atoms with Crippen LogP contribution in [0.5, 0.6) is 23.0 Å². The van der Waals surface area contributed by atoms with E-state index < -0.39 is 0 Å². The van der Waals surface area contributed by atoms with Crippen molar-refractivity contribution in [3.05, 3.63) is 48.0 Å². The molecular weight excluding hydrogens is 282 g/mol. The maximum atomic E-state index is 5.91. The van der Waals surface area contributed by atoms with E-state index in [9.17, 15) is 0 Å². The highest BCUT2D eigenvalue weighted by Gasteiger charge is 2.20. The molecule has 0 aromatic heterocycles. The minimum Gasteiger partial charge on any atom is -0.486 e. The number of hydrogen-bond donors (Lipinski definition) is 1. The standard InChI is InChI=1S/C17H17NO4/c1-2-4-16-14(3-1)19-10-13(22-16)9-18-8-12-5-6-15-17(7-12)21-11-20-15/h1-7,13,18H,8-11H2/t13-/m0/s1. The summed E-state index contributed by atoms with van der Waals surface area (Å²) in [4.78, 5) is 0. The molecule has 0 saturated carbocycles. The van der Waals surface area contributed by atoms with Gasteiger partial charge in [-0.2, -0.15) is 0 Å². The highest BCUT2D eigenvalue weighted by atomic mass is 16.7. The Balaban J connectivity index is 1.31. The third-order valence-electron chi connectivity index (χ3n) is 3.71. The smallest absolute Gasteiger partial charge is 0.231 e. The molecule has 2 aliphatic heterocycles. The fraction of sp³-hybridized carbons (Fsp3) is 0.294. The number of hydrogen-bond acceptors (Lipinski definition) is 5. The average Bonchev–Trinajstić information content (AvgIpc) is 3.02. The molecule has 1 N–H and O–H groups in total. The van der Waals surface area contributed by atoms with Crippen LogP contribution in [0.4, 0.5) is 0 Å². The van der Waals surface area contributed by atoms with Gasteiger partial charge >= 0.3 is 0 Å². The Bertz CT molecular complexity index is 673. The molecule has 2 aromatic rings. The maximum absolute atomic E-state index is 5.91. The van der Waals surface area contributed by atoms with E-state index in [0.717, 1.165) is 41.7 Å². The van der Waals surface area contributed by atoms with E-state index in [1.54, 1.807) is 0 Å². The van der Waals surface area contributed by atoms with Gasteiger partial charge in [-0.3, -0.25) is 0 Å². The van der Waals surface area contributed by atoms with Crippen molar-refractivity contribution in [3.63, 3.8) is 0 Å². The van der Waals surface area contributed by atoms with E-state index in [4.69, 9.17) is 18.9 Å². The quantitative estimate of drug-likeness (QED) is 0.939. The van der Waals surface area contributed by atoms with Crippen molar-refractivity contribution in [3.8, 4) is 23.0 Å². The van der Waals surface area contributed by atoms with Crippen molar-refractivity contribution < 1.29 is 18.9 Å². The molecular formula is C17H17NO4. The Kier molecular flexibility index (Phi) is 3.48. The minimum absolute atomic E-state index is 0.0175. The van der Waals surface area contributed by atoms with E-state index in [1.165, 1.54) is 0 Å². The van der Waals surface area contributed by atoms with E-state index in [1.807, 2.05) is 42.5 Å². The molecule has 0 fully saturated rings. The van der Waals surface area contributed by atoms with Gasteiger partial charge in [0.25, 0.3) is 0 Å². The molecule has 114 valence electrons. The molecule has 5 heteroatoms. The van der Waals surface area contributed by atoms with Crippen LogP contribution in [0.1, 0.15) is 5.56 Å². The van der Waals surface area contributed by atoms with Crippen LogP contribution in [0.15, 0.2) is 42.5 Å². The lowest BCUT2D eigenvalue weighted by molar-refractivity contribution is 0.0902. The van der Waals surface area contributed by atoms with E-state index >= 15 is 0 Å². The second kappa shape index (κ2) is 5.77. The summed E-state index contributed by atoms with van der Waals surface area (Å²) < 4.78 is 22.3. The van der Waals surface area contributed by atoms with E-state index in [-0.39, 0.29) is 6.10 Å². The van der Waals surface area contributed by atoms with Crippen LogP contribution in [0.3, 0.4) is 0 Å². The summed E-state index contributed by atoms with van der Waals surface area (Å²) in [6, 6.07) is 13.7. The molecule has 1 atom stereocenters. The van der Waals surface area contributed by atoms with Gasteiger partial charge in [0, 0.05) is 13.1 Å². The molecule has 5 nitrogen and oxygen atoms in total. The molecule has 0 radical (unpaired) electrons. The number of para-hydroxylation sites is 2. The van der Waals surface area contributed by atoms with Gasteiger partial charge in [-0.25, -0.2) is 0 Å². The first-order chi connectivity index (χ1) is 10.9. The lowest BCUT2D eigenvalue weighted by atomic mass is 10.2. The van der Waals surface area contributed by atoms with E-state index in [0.29, 0.717) is 13.4 Å². The zero-order valence-corrected chi connectivity index (χ0v) is 12.1. The third kappa shape index (κ3) is 2.67. The van der Waals surface area contributed by atoms with Gasteiger partial charge in [0.1, 0.15) is 12.7 Å². The van der Waals surface area contributed by atoms with Crippen molar-refractivity contribution in [2.24, 2.45) is 0 Å². The molecule has 0 bridgehead atoms. The zero-order valence-electron chi connectivity index (χ0n) is 12.1. The summed E-state index contributed by atoms with van der Waals surface area (Å²) in [5, 5.41) is 3.39. The molecule has 0 saturated heterocycles. The summed E-state index contributed by atoms with van der Waals surface area (Å²) in [7, 11) is 0. The fourth-order valence-corrected chi connectivity index (χ4v) is 2.59. The number of rotatable bonds is 4. The van der Waals surface area contributed by atoms with Crippen molar-refractivity contribution >= 4 is 0 Å². The van der Waals surface area contributed by atoms with Gasteiger partial charge in [0.2, 0.25) is 6.79 Å². The molecule has 22 heavy (non-hydrogen) atoms. The summed E-state index contributed by atoms with van der Waals surface area (Å²) in [5.41, 5.74) is 1.15. The zero-order chi connectivity index (χ0) is 14.8. The average molecular weight is 299 g/mol. The monoisotopic (exact) mass is 299 g/mol. The van der Waals surface area contributed by atoms with Crippen LogP contribution in [0.25, 0.3) is 0 Å². The summed E-state index contributed by atoms with van der Waals surface area (Å²) >= 11 is 0. The van der Waals surface area contributed by atoms with Crippen LogP contribution < -0.4 is 24.3 Å². The van der Waals surface area contributed by atoms with Gasteiger partial charge in [0.05, 0.1) is 0 Å². The molecule has 0 amide bonds. The summed E-state index contributed by atoms with van der Waals surface area (Å²) in [6.45, 7) is 2.34. The predicted octanol–water partition coefficient (Wildman–Crippen LogP) is 2.34. The Morgan fingerprint density at radius 2 is 1.73 bits per heavy atom. The Morgan fingerprint density at radius 3 is 2.68 bits per heavy atom. The van der Waals surface area contributed by atoms with Crippen LogP contribution in [-0.2, 0) is 6.54 Å². The second-order valence-electron chi connectivity index (χ2n) is 5.32. The SMILES string of the molecule is c1ccc2c(c1)OC[C@H](CNCc1ccc3c(c1)OCO3)O2. The van der Waals surface area contributed by atoms with Gasteiger partial charge in [0.15, 0.2) is 23.0 Å². The summed E-state index contributed by atoms with van der Waals surface area (Å²) in [6.07, 6.45) is 0.0175. The van der Waals surface area contributed by atoms with Gasteiger partial charge in [-0.15, -0.1) is 0 Å². The number of benzene rings is 2. The minimum atomic E-state index is 0.0175. The Hall–Kier alpha value is -2.40. The highest BCUT2D eigenvalue weighted by molar-refractivity contribution is 5.44. The lowest BCUT2D eigenvalue weighted by Gasteiger charge is -2.26. The molecule has 2 heterocycles. The van der Waals surface area contributed by atoms with Gasteiger partial charge in [-0.1, -0.05) is 18.2 Å². The first-order valence-corrected chi connectivity index (χ1v) is 7.36. The fourth-order valence-electron chi connectivity index (χ4n) is 2.59. The second-order valence-corrected chi connectivity index (χ2v) is 5.32. The Labute approximate surface area is 128 Å². The van der Waals surface area contributed by atoms with Gasteiger partial charge in [-0.05, 0) is 29.8 Å². The van der Waals surface area contributed by atoms with Crippen LogP contribution in [0, 0.1) is 0 Å². The van der Waals surface area contributed by atoms with E-state index in [2.05, 4.69) is 5.32 Å². The molecule has 0 spiro atoms. The molecule has 0 aliphatic carbocycles. The number of fused-ring (bicyclic) bond motifs is 2. The first kappa shape index (κ1) is 13.3. The lowest BCUT2D eigenvalue weighted by Crippen LogP contribution is -2.38. The number of ether oxygens (including phenoxy) is 4. The largest absolute Gasteiger partial charge is 0.486 e. The van der Waals surface area contributed by atoms with Crippen molar-refractivity contribution in [2.75, 3.05) is 19.9 Å². The normalized spacial score (nSPS) is 18.3. The van der Waals surface area contributed by atoms with Crippen LogP contribution >= 0.6 is 0 Å². The Morgan fingerprint density at radius 1 is 0.909 bits per heavy atom. The molecule has 4 rings (SSSR count). The van der Waals surface area contributed by atoms with Crippen LogP contribution in [-0.4, -0.2) is 26.0 Å². The number of nitrogens with one attached hydrogen (secondary N) is 1. The summed E-state index contributed by atoms with van der Waals surface area (Å²) in [5.74, 6) is 3.24. The van der Waals surface area contributed by atoms with Crippen molar-refractivity contribution in [1.29, 1.82) is 0 Å². The van der Waals surface area contributed by atoms with Gasteiger partial charge < -0.3 is 24.3 Å². The maximum Gasteiger partial charge on any atom is 0.231 e. The third-order valence-corrected chi connectivity index (χ3v) is 3.71. The molecule has 2 aliphatic rings. The highest BCUT2D eigenvalue weighted by Crippen LogP contribution is 2.32. The predicted molar refractivity (Wildman–Crippen MR) is 80.6 cm³/mol. The van der Waals surface area contributed by atoms with Crippen molar-refractivity contribution in [1.82, 2.24) is 5.32 Å². The molecule has 2 aromatic carbocycles. The van der Waals surface area contributed by atoms with Crippen molar-refractivity contribution in [2.45, 2.75) is 12.6 Å².